The maximum Gasteiger partial charge on any atom is 0.132 e. The summed E-state index contributed by atoms with van der Waals surface area (Å²) >= 11 is 0. The van der Waals surface area contributed by atoms with Gasteiger partial charge in [-0.2, -0.15) is 0 Å². The average Bonchev–Trinajstić information content (AvgIpc) is 3.08. The number of anilines is 2. The van der Waals surface area contributed by atoms with Crippen molar-refractivity contribution in [2.24, 2.45) is 0 Å². The number of likely N-dealkylation sites (tertiary alicyclic amines) is 1. The van der Waals surface area contributed by atoms with E-state index in [1.807, 2.05) is 24.5 Å². The highest BCUT2D eigenvalue weighted by Gasteiger charge is 2.12. The van der Waals surface area contributed by atoms with Crippen LogP contribution in [0.3, 0.4) is 0 Å². The van der Waals surface area contributed by atoms with Gasteiger partial charge >= 0.3 is 0 Å². The summed E-state index contributed by atoms with van der Waals surface area (Å²) in [7, 11) is 0. The molecule has 116 valence electrons. The molecule has 0 spiro atoms. The molecule has 1 aliphatic heterocycles. The Kier molecular flexibility index (Phi) is 3.90. The van der Waals surface area contributed by atoms with Gasteiger partial charge in [0.1, 0.15) is 11.6 Å². The average molecular weight is 304 g/mol. The van der Waals surface area contributed by atoms with Crippen LogP contribution in [0.1, 0.15) is 18.4 Å². The van der Waals surface area contributed by atoms with E-state index in [0.29, 0.717) is 0 Å². The molecule has 4 nitrogen and oxygen atoms in total. The smallest absolute Gasteiger partial charge is 0.132 e. The van der Waals surface area contributed by atoms with E-state index >= 15 is 0 Å². The largest absolute Gasteiger partial charge is 0.325 e. The lowest BCUT2D eigenvalue weighted by Gasteiger charge is -2.15. The molecule has 23 heavy (non-hydrogen) atoms. The van der Waals surface area contributed by atoms with Crippen molar-refractivity contribution < 1.29 is 0 Å². The second kappa shape index (κ2) is 6.34. The van der Waals surface area contributed by atoms with Crippen molar-refractivity contribution in [1.82, 2.24) is 14.9 Å². The Morgan fingerprint density at radius 3 is 2.57 bits per heavy atom. The SMILES string of the molecule is c1ccc2cc(Nc3cc(CN4CCCC4)ccn3)ncc2c1. The molecule has 0 saturated carbocycles. The minimum Gasteiger partial charge on any atom is -0.325 e. The van der Waals surface area contributed by atoms with E-state index in [0.717, 1.165) is 23.6 Å². The third-order valence-corrected chi connectivity index (χ3v) is 4.32. The van der Waals surface area contributed by atoms with Crippen molar-refractivity contribution in [3.05, 3.63) is 60.4 Å². The normalized spacial score (nSPS) is 15.1. The molecular weight excluding hydrogens is 284 g/mol. The molecule has 0 bridgehead atoms. The van der Waals surface area contributed by atoms with Crippen molar-refractivity contribution in [2.75, 3.05) is 18.4 Å². The van der Waals surface area contributed by atoms with Crippen LogP contribution in [0.25, 0.3) is 10.8 Å². The molecule has 0 amide bonds. The predicted molar refractivity (Wildman–Crippen MR) is 93.8 cm³/mol. The first-order valence-corrected chi connectivity index (χ1v) is 8.16. The quantitative estimate of drug-likeness (QED) is 0.792. The Morgan fingerprint density at radius 2 is 1.70 bits per heavy atom. The fourth-order valence-electron chi connectivity index (χ4n) is 3.12. The van der Waals surface area contributed by atoms with E-state index < -0.39 is 0 Å². The number of rotatable bonds is 4. The van der Waals surface area contributed by atoms with Crippen molar-refractivity contribution >= 4 is 22.4 Å². The summed E-state index contributed by atoms with van der Waals surface area (Å²) in [6.45, 7) is 3.41. The topological polar surface area (TPSA) is 41.0 Å². The van der Waals surface area contributed by atoms with E-state index in [4.69, 9.17) is 0 Å². The number of pyridine rings is 2. The Morgan fingerprint density at radius 1 is 0.913 bits per heavy atom. The van der Waals surface area contributed by atoms with Gasteiger partial charge in [-0.3, -0.25) is 4.90 Å². The van der Waals surface area contributed by atoms with Crippen LogP contribution in [0.4, 0.5) is 11.6 Å². The molecule has 4 rings (SSSR count). The minimum absolute atomic E-state index is 0.828. The minimum atomic E-state index is 0.828. The summed E-state index contributed by atoms with van der Waals surface area (Å²) in [4.78, 5) is 11.4. The molecule has 4 heteroatoms. The van der Waals surface area contributed by atoms with Crippen LogP contribution in [-0.2, 0) is 6.54 Å². The molecule has 1 N–H and O–H groups in total. The summed E-state index contributed by atoms with van der Waals surface area (Å²) in [5, 5.41) is 5.65. The number of benzene rings is 1. The van der Waals surface area contributed by atoms with Gasteiger partial charge in [0, 0.05) is 24.3 Å². The number of aromatic nitrogens is 2. The van der Waals surface area contributed by atoms with Gasteiger partial charge in [0.05, 0.1) is 0 Å². The highest BCUT2D eigenvalue weighted by Crippen LogP contribution is 2.20. The van der Waals surface area contributed by atoms with Crippen LogP contribution in [0.15, 0.2) is 54.9 Å². The molecule has 3 aromatic rings. The number of nitrogens with zero attached hydrogens (tertiary/aromatic N) is 3. The molecule has 0 radical (unpaired) electrons. The van der Waals surface area contributed by atoms with E-state index in [-0.39, 0.29) is 0 Å². The van der Waals surface area contributed by atoms with E-state index in [1.54, 1.807) is 0 Å². The van der Waals surface area contributed by atoms with Crippen molar-refractivity contribution in [2.45, 2.75) is 19.4 Å². The van der Waals surface area contributed by atoms with Crippen LogP contribution < -0.4 is 5.32 Å². The maximum absolute atomic E-state index is 4.47. The highest BCUT2D eigenvalue weighted by atomic mass is 15.1. The number of fused-ring (bicyclic) bond motifs is 1. The molecule has 1 fully saturated rings. The first-order valence-electron chi connectivity index (χ1n) is 8.16. The number of nitrogens with one attached hydrogen (secondary N) is 1. The van der Waals surface area contributed by atoms with Gasteiger partial charge < -0.3 is 5.32 Å². The Labute approximate surface area is 136 Å². The zero-order valence-electron chi connectivity index (χ0n) is 13.1. The first kappa shape index (κ1) is 14.2. The predicted octanol–water partition coefficient (Wildman–Crippen LogP) is 3.97. The van der Waals surface area contributed by atoms with E-state index in [1.165, 1.54) is 36.9 Å². The Balaban J connectivity index is 1.52. The van der Waals surface area contributed by atoms with Gasteiger partial charge in [-0.25, -0.2) is 9.97 Å². The molecular formula is C19H20N4. The molecule has 0 aliphatic carbocycles. The van der Waals surface area contributed by atoms with Gasteiger partial charge in [-0.05, 0) is 55.1 Å². The lowest BCUT2D eigenvalue weighted by molar-refractivity contribution is 0.331. The molecule has 2 aromatic heterocycles. The lowest BCUT2D eigenvalue weighted by Crippen LogP contribution is -2.18. The second-order valence-electron chi connectivity index (χ2n) is 6.07. The first-order chi connectivity index (χ1) is 11.4. The molecule has 1 aliphatic rings. The van der Waals surface area contributed by atoms with Crippen molar-refractivity contribution in [3.63, 3.8) is 0 Å². The van der Waals surface area contributed by atoms with Gasteiger partial charge in [0.25, 0.3) is 0 Å². The zero-order chi connectivity index (χ0) is 15.5. The van der Waals surface area contributed by atoms with Crippen LogP contribution >= 0.6 is 0 Å². The highest BCUT2D eigenvalue weighted by molar-refractivity contribution is 5.84. The van der Waals surface area contributed by atoms with Crippen molar-refractivity contribution in [1.29, 1.82) is 0 Å². The van der Waals surface area contributed by atoms with Crippen LogP contribution in [0, 0.1) is 0 Å². The Bertz CT molecular complexity index is 809. The van der Waals surface area contributed by atoms with Gasteiger partial charge in [0.2, 0.25) is 0 Å². The van der Waals surface area contributed by atoms with Crippen LogP contribution in [0.5, 0.6) is 0 Å². The number of hydrogen-bond acceptors (Lipinski definition) is 4. The Hall–Kier alpha value is -2.46. The summed E-state index contributed by atoms with van der Waals surface area (Å²) in [5.74, 6) is 1.68. The van der Waals surface area contributed by atoms with Crippen LogP contribution in [0.2, 0.25) is 0 Å². The molecule has 3 heterocycles. The summed E-state index contributed by atoms with van der Waals surface area (Å²) in [6, 6.07) is 14.5. The molecule has 0 unspecified atom stereocenters. The van der Waals surface area contributed by atoms with Gasteiger partial charge in [0.15, 0.2) is 0 Å². The second-order valence-corrected chi connectivity index (χ2v) is 6.07. The molecule has 0 atom stereocenters. The van der Waals surface area contributed by atoms with E-state index in [2.05, 4.69) is 50.5 Å². The fourth-order valence-corrected chi connectivity index (χ4v) is 3.12. The third kappa shape index (κ3) is 3.32. The summed E-state index contributed by atoms with van der Waals surface area (Å²) in [5.41, 5.74) is 1.30. The summed E-state index contributed by atoms with van der Waals surface area (Å²) in [6.07, 6.45) is 6.40. The van der Waals surface area contributed by atoms with E-state index in [9.17, 15) is 0 Å². The lowest BCUT2D eigenvalue weighted by atomic mass is 10.2. The molecule has 1 aromatic carbocycles. The van der Waals surface area contributed by atoms with Gasteiger partial charge in [-0.1, -0.05) is 24.3 Å². The third-order valence-electron chi connectivity index (χ3n) is 4.32. The van der Waals surface area contributed by atoms with Gasteiger partial charge in [-0.15, -0.1) is 0 Å². The van der Waals surface area contributed by atoms with Crippen molar-refractivity contribution in [3.8, 4) is 0 Å². The fraction of sp³-hybridized carbons (Fsp3) is 0.263. The maximum atomic E-state index is 4.47. The molecule has 1 saturated heterocycles. The standard InChI is InChI=1S/C19H20N4/c1-2-6-17-13-21-19(12-16(17)5-1)22-18-11-15(7-8-20-18)14-23-9-3-4-10-23/h1-2,5-8,11-13H,3-4,9-10,14H2,(H,20,21,22). The van der Waals surface area contributed by atoms with Crippen LogP contribution in [-0.4, -0.2) is 28.0 Å². The number of hydrogen-bond donors (Lipinski definition) is 1. The zero-order valence-corrected chi connectivity index (χ0v) is 13.1. The monoisotopic (exact) mass is 304 g/mol. The summed E-state index contributed by atoms with van der Waals surface area (Å²) < 4.78 is 0.